The van der Waals surface area contributed by atoms with Gasteiger partial charge in [-0.25, -0.2) is 0 Å². The fourth-order valence-electron chi connectivity index (χ4n) is 1.60. The van der Waals surface area contributed by atoms with Gasteiger partial charge < -0.3 is 5.32 Å². The largest absolute Gasteiger partial charge is 0.312 e. The molecule has 1 heterocycles. The summed E-state index contributed by atoms with van der Waals surface area (Å²) in [5.41, 5.74) is 2.35. The molecule has 0 atom stereocenters. The van der Waals surface area contributed by atoms with E-state index in [4.69, 9.17) is 23.2 Å². The molecule has 0 aliphatic carbocycles. The SMILES string of the molecule is Clc1ccc(C2=CCCNC2)c(Cl)c1. The zero-order valence-electron chi connectivity index (χ0n) is 7.69. The van der Waals surface area contributed by atoms with Crippen molar-refractivity contribution in [2.45, 2.75) is 6.42 Å². The second-order valence-corrected chi connectivity index (χ2v) is 4.16. The molecule has 0 aromatic heterocycles. The van der Waals surface area contributed by atoms with Crippen molar-refractivity contribution in [3.8, 4) is 0 Å². The molecule has 2 rings (SSSR count). The van der Waals surface area contributed by atoms with E-state index in [1.165, 1.54) is 5.57 Å². The third-order valence-corrected chi connectivity index (χ3v) is 2.85. The second kappa shape index (κ2) is 4.35. The Balaban J connectivity index is 2.35. The normalized spacial score (nSPS) is 16.6. The molecule has 1 aliphatic rings. The second-order valence-electron chi connectivity index (χ2n) is 3.32. The average molecular weight is 228 g/mol. The van der Waals surface area contributed by atoms with E-state index in [0.29, 0.717) is 5.02 Å². The summed E-state index contributed by atoms with van der Waals surface area (Å²) in [6.07, 6.45) is 3.29. The van der Waals surface area contributed by atoms with E-state index < -0.39 is 0 Å². The van der Waals surface area contributed by atoms with Crippen molar-refractivity contribution in [2.75, 3.05) is 13.1 Å². The summed E-state index contributed by atoms with van der Waals surface area (Å²) in [5, 5.41) is 4.73. The summed E-state index contributed by atoms with van der Waals surface area (Å²) in [4.78, 5) is 0. The van der Waals surface area contributed by atoms with Crippen molar-refractivity contribution in [1.82, 2.24) is 5.32 Å². The van der Waals surface area contributed by atoms with Crippen molar-refractivity contribution < 1.29 is 0 Å². The number of hydrogen-bond donors (Lipinski definition) is 1. The van der Waals surface area contributed by atoms with E-state index in [2.05, 4.69) is 11.4 Å². The first kappa shape index (κ1) is 10.0. The van der Waals surface area contributed by atoms with Gasteiger partial charge in [-0.15, -0.1) is 0 Å². The van der Waals surface area contributed by atoms with Crippen LogP contribution in [0.5, 0.6) is 0 Å². The number of nitrogens with one attached hydrogen (secondary N) is 1. The maximum absolute atomic E-state index is 6.11. The third kappa shape index (κ3) is 2.11. The molecule has 1 N–H and O–H groups in total. The van der Waals surface area contributed by atoms with Crippen LogP contribution in [0.15, 0.2) is 24.3 Å². The minimum absolute atomic E-state index is 0.683. The molecule has 0 unspecified atom stereocenters. The molecule has 74 valence electrons. The van der Waals surface area contributed by atoms with Crippen molar-refractivity contribution in [3.63, 3.8) is 0 Å². The summed E-state index contributed by atoms with van der Waals surface area (Å²) >= 11 is 11.9. The van der Waals surface area contributed by atoms with Crippen LogP contribution in [0.25, 0.3) is 5.57 Å². The van der Waals surface area contributed by atoms with Crippen LogP contribution in [0.1, 0.15) is 12.0 Å². The highest BCUT2D eigenvalue weighted by Gasteiger charge is 2.09. The average Bonchev–Trinajstić information content (AvgIpc) is 2.19. The first-order chi connectivity index (χ1) is 6.77. The Morgan fingerprint density at radius 1 is 1.21 bits per heavy atom. The van der Waals surface area contributed by atoms with Crippen LogP contribution in [0.2, 0.25) is 10.0 Å². The maximum Gasteiger partial charge on any atom is 0.0496 e. The van der Waals surface area contributed by atoms with Gasteiger partial charge in [-0.3, -0.25) is 0 Å². The van der Waals surface area contributed by atoms with Gasteiger partial charge in [0.2, 0.25) is 0 Å². The van der Waals surface area contributed by atoms with Gasteiger partial charge in [0.05, 0.1) is 0 Å². The van der Waals surface area contributed by atoms with Crippen LogP contribution in [0.3, 0.4) is 0 Å². The topological polar surface area (TPSA) is 12.0 Å². The molecule has 0 bridgehead atoms. The Morgan fingerprint density at radius 3 is 2.71 bits per heavy atom. The van der Waals surface area contributed by atoms with Gasteiger partial charge in [0, 0.05) is 16.6 Å². The summed E-state index contributed by atoms with van der Waals surface area (Å²) in [6.45, 7) is 1.94. The third-order valence-electron chi connectivity index (χ3n) is 2.30. The van der Waals surface area contributed by atoms with Crippen LogP contribution in [0, 0.1) is 0 Å². The smallest absolute Gasteiger partial charge is 0.0496 e. The van der Waals surface area contributed by atoms with Crippen LogP contribution < -0.4 is 5.32 Å². The van der Waals surface area contributed by atoms with Gasteiger partial charge >= 0.3 is 0 Å². The molecule has 0 saturated heterocycles. The molecule has 0 fully saturated rings. The van der Waals surface area contributed by atoms with Crippen LogP contribution in [-0.4, -0.2) is 13.1 Å². The number of benzene rings is 1. The van der Waals surface area contributed by atoms with Crippen LogP contribution >= 0.6 is 23.2 Å². The molecule has 14 heavy (non-hydrogen) atoms. The summed E-state index contributed by atoms with van der Waals surface area (Å²) in [6, 6.07) is 5.63. The summed E-state index contributed by atoms with van der Waals surface area (Å²) in [7, 11) is 0. The minimum atomic E-state index is 0.683. The van der Waals surface area contributed by atoms with E-state index in [9.17, 15) is 0 Å². The van der Waals surface area contributed by atoms with Gasteiger partial charge in [-0.1, -0.05) is 35.3 Å². The molecule has 0 radical (unpaired) electrons. The summed E-state index contributed by atoms with van der Waals surface area (Å²) < 4.78 is 0. The van der Waals surface area contributed by atoms with Gasteiger partial charge in [-0.2, -0.15) is 0 Å². The van der Waals surface area contributed by atoms with Crippen molar-refractivity contribution in [3.05, 3.63) is 39.9 Å². The highest BCUT2D eigenvalue weighted by atomic mass is 35.5. The fraction of sp³-hybridized carbons (Fsp3) is 0.273. The first-order valence-corrected chi connectivity index (χ1v) is 5.38. The van der Waals surface area contributed by atoms with Gasteiger partial charge in [0.25, 0.3) is 0 Å². The Hall–Kier alpha value is -0.500. The zero-order valence-corrected chi connectivity index (χ0v) is 9.20. The quantitative estimate of drug-likeness (QED) is 0.776. The first-order valence-electron chi connectivity index (χ1n) is 4.62. The molecule has 0 spiro atoms. The van der Waals surface area contributed by atoms with Gasteiger partial charge in [-0.05, 0) is 36.2 Å². The molecule has 0 saturated carbocycles. The van der Waals surface area contributed by atoms with Crippen molar-refractivity contribution >= 4 is 28.8 Å². The minimum Gasteiger partial charge on any atom is -0.312 e. The van der Waals surface area contributed by atoms with E-state index in [1.54, 1.807) is 6.07 Å². The molecule has 1 aromatic carbocycles. The van der Waals surface area contributed by atoms with Crippen LogP contribution in [0.4, 0.5) is 0 Å². The number of rotatable bonds is 1. The molecular formula is C11H11Cl2N. The lowest BCUT2D eigenvalue weighted by Crippen LogP contribution is -2.21. The van der Waals surface area contributed by atoms with E-state index in [-0.39, 0.29) is 0 Å². The molecule has 1 nitrogen and oxygen atoms in total. The van der Waals surface area contributed by atoms with Crippen molar-refractivity contribution in [2.24, 2.45) is 0 Å². The maximum atomic E-state index is 6.11. The number of hydrogen-bond acceptors (Lipinski definition) is 1. The standard InChI is InChI=1S/C11H11Cl2N/c12-9-3-4-10(11(13)6-9)8-2-1-5-14-7-8/h2-4,6,14H,1,5,7H2. The molecule has 1 aromatic rings. The Kier molecular flexibility index (Phi) is 3.12. The molecule has 1 aliphatic heterocycles. The molecule has 3 heteroatoms. The lowest BCUT2D eigenvalue weighted by Gasteiger charge is -2.15. The van der Waals surface area contributed by atoms with E-state index >= 15 is 0 Å². The predicted octanol–water partition coefficient (Wildman–Crippen LogP) is 3.37. The monoisotopic (exact) mass is 227 g/mol. The Bertz CT molecular complexity index is 372. The lowest BCUT2D eigenvalue weighted by molar-refractivity contribution is 0.739. The van der Waals surface area contributed by atoms with Gasteiger partial charge in [0.15, 0.2) is 0 Å². The Labute approximate surface area is 93.7 Å². The highest BCUT2D eigenvalue weighted by molar-refractivity contribution is 6.35. The highest BCUT2D eigenvalue weighted by Crippen LogP contribution is 2.27. The molecule has 0 amide bonds. The zero-order chi connectivity index (χ0) is 9.97. The predicted molar refractivity (Wildman–Crippen MR) is 61.9 cm³/mol. The van der Waals surface area contributed by atoms with Crippen LogP contribution in [-0.2, 0) is 0 Å². The Morgan fingerprint density at radius 2 is 2.07 bits per heavy atom. The lowest BCUT2D eigenvalue weighted by atomic mass is 10.0. The molecular weight excluding hydrogens is 217 g/mol. The van der Waals surface area contributed by atoms with Gasteiger partial charge in [0.1, 0.15) is 0 Å². The summed E-state index contributed by atoms with van der Waals surface area (Å²) in [5.74, 6) is 0. The van der Waals surface area contributed by atoms with E-state index in [1.807, 2.05) is 12.1 Å². The van der Waals surface area contributed by atoms with Crippen molar-refractivity contribution in [1.29, 1.82) is 0 Å². The van der Waals surface area contributed by atoms with E-state index in [0.717, 1.165) is 30.1 Å². The number of halogens is 2. The fourth-order valence-corrected chi connectivity index (χ4v) is 2.13.